The molecule has 1 atom stereocenters. The molecule has 1 unspecified atom stereocenters. The van der Waals surface area contributed by atoms with Crippen molar-refractivity contribution in [3.63, 3.8) is 0 Å². The molecule has 0 aromatic rings. The van der Waals surface area contributed by atoms with Gasteiger partial charge in [-0.25, -0.2) is 0 Å². The maximum atomic E-state index is 10.4. The highest BCUT2D eigenvalue weighted by Crippen LogP contribution is 2.01. The minimum Gasteiger partial charge on any atom is -0.395 e. The van der Waals surface area contributed by atoms with E-state index in [1.54, 1.807) is 6.92 Å². The van der Waals surface area contributed by atoms with Crippen molar-refractivity contribution < 1.29 is 13.2 Å². The fourth-order valence-corrected chi connectivity index (χ4v) is 0.458. The molecule has 0 bridgehead atoms. The molecule has 0 aliphatic heterocycles. The molecule has 5 heteroatoms. The zero-order chi connectivity index (χ0) is 7.28. The van der Waals surface area contributed by atoms with Gasteiger partial charge in [0.25, 0.3) is 0 Å². The van der Waals surface area contributed by atoms with Gasteiger partial charge in [-0.2, -0.15) is 0 Å². The number of hydrogen-bond acceptors (Lipinski definition) is 5. The Bertz CT molecular complexity index is 95.8. The second kappa shape index (κ2) is 4.96. The summed E-state index contributed by atoms with van der Waals surface area (Å²) in [5.41, 5.74) is 0. The van der Waals surface area contributed by atoms with E-state index < -0.39 is 5.97 Å². The van der Waals surface area contributed by atoms with Crippen LogP contribution in [0.15, 0.2) is 0 Å². The summed E-state index contributed by atoms with van der Waals surface area (Å²) in [7, 11) is 0. The van der Waals surface area contributed by atoms with E-state index in [1.807, 2.05) is 0 Å². The molecular weight excluding hydrogens is 160 g/mol. The molecule has 54 valence electrons. The Hall–Kier alpha value is 0.130. The summed E-state index contributed by atoms with van der Waals surface area (Å²) >= 11 is 6.80. The van der Waals surface area contributed by atoms with Crippen molar-refractivity contribution in [2.24, 2.45) is 0 Å². The van der Waals surface area contributed by atoms with Crippen LogP contribution in [0, 0.1) is 0 Å². The highest BCUT2D eigenvalue weighted by molar-refractivity contribution is 7.75. The van der Waals surface area contributed by atoms with Gasteiger partial charge in [-0.05, 0) is 19.8 Å². The van der Waals surface area contributed by atoms with E-state index in [1.165, 1.54) is 0 Å². The highest BCUT2D eigenvalue weighted by atomic mass is 32.1. The Labute approximate surface area is 65.0 Å². The summed E-state index contributed by atoms with van der Waals surface area (Å²) in [6.45, 7) is 1.71. The molecule has 0 aliphatic carbocycles. The van der Waals surface area contributed by atoms with Crippen LogP contribution >= 0.6 is 25.8 Å². The Morgan fingerprint density at radius 3 is 2.56 bits per heavy atom. The van der Waals surface area contributed by atoms with Crippen molar-refractivity contribution in [3.8, 4) is 0 Å². The van der Waals surface area contributed by atoms with E-state index in [2.05, 4.69) is 34.2 Å². The molecular formula is C4H8O3S2. The second-order valence-electron chi connectivity index (χ2n) is 1.58. The summed E-state index contributed by atoms with van der Waals surface area (Å²) in [5, 5.41) is 0. The van der Waals surface area contributed by atoms with Crippen LogP contribution in [0.25, 0.3) is 0 Å². The average molecular weight is 168 g/mol. The minimum atomic E-state index is -0.417. The van der Waals surface area contributed by atoms with Crippen LogP contribution in [-0.4, -0.2) is 12.1 Å². The smallest absolute Gasteiger partial charge is 0.320 e. The summed E-state index contributed by atoms with van der Waals surface area (Å²) in [6.07, 6.45) is -0.0551. The van der Waals surface area contributed by atoms with Gasteiger partial charge in [0.1, 0.15) is 0 Å². The van der Waals surface area contributed by atoms with Crippen molar-refractivity contribution in [3.05, 3.63) is 0 Å². The number of rotatable bonds is 3. The Morgan fingerprint density at radius 1 is 1.67 bits per heavy atom. The lowest BCUT2D eigenvalue weighted by Gasteiger charge is -2.03. The number of carbonyl (C=O) groups excluding carboxylic acids is 1. The minimum absolute atomic E-state index is 0.174. The van der Waals surface area contributed by atoms with E-state index in [0.717, 1.165) is 0 Å². The van der Waals surface area contributed by atoms with Gasteiger partial charge < -0.3 is 8.37 Å². The third-order valence-corrected chi connectivity index (χ3v) is 1.30. The second-order valence-corrected chi connectivity index (χ2v) is 1.98. The lowest BCUT2D eigenvalue weighted by atomic mass is 10.3. The molecule has 0 saturated carbocycles. The fraction of sp³-hybridized carbons (Fsp3) is 0.750. The molecule has 0 amide bonds. The van der Waals surface area contributed by atoms with Crippen molar-refractivity contribution in [1.82, 2.24) is 0 Å². The predicted molar refractivity (Wildman–Crippen MR) is 39.2 cm³/mol. The first-order valence-corrected chi connectivity index (χ1v) is 3.08. The topological polar surface area (TPSA) is 35.5 Å². The monoisotopic (exact) mass is 168 g/mol. The van der Waals surface area contributed by atoms with Crippen molar-refractivity contribution in [2.75, 3.05) is 0 Å². The molecule has 0 aromatic heterocycles. The van der Waals surface area contributed by atoms with E-state index in [4.69, 9.17) is 0 Å². The molecule has 0 heterocycles. The molecule has 0 N–H and O–H groups in total. The largest absolute Gasteiger partial charge is 0.395 e. The standard InChI is InChI=1S/C4H8O3S2/c1-3(6-8)2-4(5)7-9/h3,8-9H,2H2,1H3. The quantitative estimate of drug-likeness (QED) is 0.488. The van der Waals surface area contributed by atoms with Crippen LogP contribution in [-0.2, 0) is 13.2 Å². The van der Waals surface area contributed by atoms with Crippen LogP contribution in [0.4, 0.5) is 0 Å². The SMILES string of the molecule is CC(CC(=O)OS)OS. The van der Waals surface area contributed by atoms with E-state index in [9.17, 15) is 4.79 Å². The van der Waals surface area contributed by atoms with Gasteiger partial charge in [-0.3, -0.25) is 4.79 Å². The summed E-state index contributed by atoms with van der Waals surface area (Å²) in [4.78, 5) is 10.4. The number of carbonyl (C=O) groups is 1. The van der Waals surface area contributed by atoms with E-state index in [0.29, 0.717) is 0 Å². The molecule has 0 saturated heterocycles. The first kappa shape index (κ1) is 9.13. The first-order valence-electron chi connectivity index (χ1n) is 2.35. The lowest BCUT2D eigenvalue weighted by molar-refractivity contribution is -0.134. The molecule has 0 rings (SSSR count). The summed E-state index contributed by atoms with van der Waals surface area (Å²) in [6, 6.07) is 0. The fourth-order valence-electron chi connectivity index (χ4n) is 0.309. The van der Waals surface area contributed by atoms with Gasteiger partial charge in [0.2, 0.25) is 0 Å². The van der Waals surface area contributed by atoms with Gasteiger partial charge >= 0.3 is 5.97 Å². The average Bonchev–Trinajstić information content (AvgIpc) is 1.87. The normalized spacial score (nSPS) is 12.8. The van der Waals surface area contributed by atoms with Crippen LogP contribution < -0.4 is 0 Å². The third kappa shape index (κ3) is 4.62. The van der Waals surface area contributed by atoms with Gasteiger partial charge in [-0.1, -0.05) is 0 Å². The van der Waals surface area contributed by atoms with Gasteiger partial charge in [-0.15, -0.1) is 0 Å². The molecule has 0 radical (unpaired) electrons. The lowest BCUT2D eigenvalue weighted by Crippen LogP contribution is -2.09. The van der Waals surface area contributed by atoms with Gasteiger partial charge in [0, 0.05) is 12.9 Å². The predicted octanol–water partition coefficient (Wildman–Crippen LogP) is 1.01. The first-order chi connectivity index (χ1) is 4.20. The van der Waals surface area contributed by atoms with E-state index >= 15 is 0 Å². The third-order valence-electron chi connectivity index (χ3n) is 0.736. The van der Waals surface area contributed by atoms with Crippen LogP contribution in [0.1, 0.15) is 13.3 Å². The molecule has 0 fully saturated rings. The number of thiol groups is 2. The molecule has 0 spiro atoms. The number of hydrogen-bond donors (Lipinski definition) is 2. The zero-order valence-corrected chi connectivity index (χ0v) is 6.69. The molecule has 3 nitrogen and oxygen atoms in total. The van der Waals surface area contributed by atoms with Crippen LogP contribution in [0.5, 0.6) is 0 Å². The van der Waals surface area contributed by atoms with Crippen molar-refractivity contribution >= 4 is 31.8 Å². The Kier molecular flexibility index (Phi) is 5.03. The molecule has 0 aromatic carbocycles. The summed E-state index contributed by atoms with van der Waals surface area (Å²) < 4.78 is 8.55. The van der Waals surface area contributed by atoms with Crippen molar-refractivity contribution in [1.29, 1.82) is 0 Å². The van der Waals surface area contributed by atoms with Crippen LogP contribution in [0.2, 0.25) is 0 Å². The Balaban J connectivity index is 3.34. The van der Waals surface area contributed by atoms with Gasteiger partial charge in [0.15, 0.2) is 0 Å². The maximum Gasteiger partial charge on any atom is 0.320 e. The molecule has 9 heavy (non-hydrogen) atoms. The van der Waals surface area contributed by atoms with E-state index in [-0.39, 0.29) is 12.5 Å². The zero-order valence-electron chi connectivity index (χ0n) is 4.90. The van der Waals surface area contributed by atoms with Gasteiger partial charge in [0.05, 0.1) is 12.5 Å². The highest BCUT2D eigenvalue weighted by Gasteiger charge is 2.07. The Morgan fingerprint density at radius 2 is 2.22 bits per heavy atom. The van der Waals surface area contributed by atoms with Crippen molar-refractivity contribution in [2.45, 2.75) is 19.4 Å². The molecule has 0 aliphatic rings. The summed E-state index contributed by atoms with van der Waals surface area (Å²) in [5.74, 6) is -0.417. The van der Waals surface area contributed by atoms with Crippen LogP contribution in [0.3, 0.4) is 0 Å². The maximum absolute atomic E-state index is 10.4.